The molecule has 1 heterocycles. The molecule has 1 aliphatic carbocycles. The van der Waals surface area contributed by atoms with Gasteiger partial charge in [-0.3, -0.25) is 0 Å². The van der Waals surface area contributed by atoms with Crippen LogP contribution in [-0.2, 0) is 0 Å². The van der Waals surface area contributed by atoms with E-state index >= 15 is 0 Å². The molecule has 2 nitrogen and oxygen atoms in total. The van der Waals surface area contributed by atoms with Crippen LogP contribution in [0.15, 0.2) is 0 Å². The maximum atomic E-state index is 3.73. The van der Waals surface area contributed by atoms with E-state index in [4.69, 9.17) is 0 Å². The first kappa shape index (κ1) is 14.3. The monoisotopic (exact) mass is 252 g/mol. The molecule has 0 radical (unpaired) electrons. The van der Waals surface area contributed by atoms with Crippen LogP contribution >= 0.6 is 0 Å². The average molecular weight is 252 g/mol. The minimum Gasteiger partial charge on any atom is -0.314 e. The molecule has 0 aromatic carbocycles. The van der Waals surface area contributed by atoms with Crippen molar-refractivity contribution in [2.45, 2.75) is 77.3 Å². The summed E-state index contributed by atoms with van der Waals surface area (Å²) in [6, 6.07) is 1.68. The normalized spacial score (nSPS) is 34.0. The van der Waals surface area contributed by atoms with Crippen molar-refractivity contribution >= 4 is 0 Å². The SMILES string of the molecule is CCCNC1CCCC(N2CCC(CCC)C2)C1. The van der Waals surface area contributed by atoms with Gasteiger partial charge >= 0.3 is 0 Å². The second kappa shape index (κ2) is 7.49. The molecule has 1 saturated heterocycles. The summed E-state index contributed by atoms with van der Waals surface area (Å²) in [5.41, 5.74) is 0. The van der Waals surface area contributed by atoms with Gasteiger partial charge in [0, 0.05) is 18.6 Å². The lowest BCUT2D eigenvalue weighted by Gasteiger charge is -2.36. The van der Waals surface area contributed by atoms with Gasteiger partial charge in [-0.1, -0.05) is 26.7 Å². The van der Waals surface area contributed by atoms with Crippen LogP contribution in [0.5, 0.6) is 0 Å². The Kier molecular flexibility index (Phi) is 5.97. The molecule has 3 unspecified atom stereocenters. The summed E-state index contributed by atoms with van der Waals surface area (Å²) in [4.78, 5) is 2.81. The van der Waals surface area contributed by atoms with E-state index in [0.29, 0.717) is 0 Å². The number of likely N-dealkylation sites (tertiary alicyclic amines) is 1. The van der Waals surface area contributed by atoms with E-state index in [2.05, 4.69) is 24.1 Å². The molecule has 0 aromatic rings. The number of nitrogens with zero attached hydrogens (tertiary/aromatic N) is 1. The van der Waals surface area contributed by atoms with E-state index in [1.54, 1.807) is 0 Å². The summed E-state index contributed by atoms with van der Waals surface area (Å²) in [6.45, 7) is 8.56. The third-order valence-corrected chi connectivity index (χ3v) is 4.86. The highest BCUT2D eigenvalue weighted by atomic mass is 15.2. The Hall–Kier alpha value is -0.0800. The van der Waals surface area contributed by atoms with Crippen LogP contribution in [0.4, 0.5) is 0 Å². The number of hydrogen-bond acceptors (Lipinski definition) is 2. The lowest BCUT2D eigenvalue weighted by atomic mass is 9.90. The predicted octanol–water partition coefficient (Wildman–Crippen LogP) is 3.42. The second-order valence-electron chi connectivity index (χ2n) is 6.41. The van der Waals surface area contributed by atoms with Gasteiger partial charge in [-0.2, -0.15) is 0 Å². The summed E-state index contributed by atoms with van der Waals surface area (Å²) in [5, 5.41) is 3.73. The summed E-state index contributed by atoms with van der Waals surface area (Å²) < 4.78 is 0. The van der Waals surface area contributed by atoms with E-state index in [1.807, 2.05) is 0 Å². The van der Waals surface area contributed by atoms with Gasteiger partial charge in [0.25, 0.3) is 0 Å². The Morgan fingerprint density at radius 3 is 2.78 bits per heavy atom. The maximum absolute atomic E-state index is 3.73. The third kappa shape index (κ3) is 3.96. The standard InChI is InChI=1S/C16H32N2/c1-3-6-14-9-11-18(13-14)16-8-5-7-15(12-16)17-10-4-2/h14-17H,3-13H2,1-2H3. The first-order chi connectivity index (χ1) is 8.83. The Morgan fingerprint density at radius 1 is 1.11 bits per heavy atom. The lowest BCUT2D eigenvalue weighted by molar-refractivity contribution is 0.163. The molecule has 2 heteroatoms. The number of nitrogens with one attached hydrogen (secondary N) is 1. The fourth-order valence-electron chi connectivity index (χ4n) is 3.87. The second-order valence-corrected chi connectivity index (χ2v) is 6.41. The van der Waals surface area contributed by atoms with Crippen molar-refractivity contribution in [2.75, 3.05) is 19.6 Å². The average Bonchev–Trinajstić information content (AvgIpc) is 2.86. The molecule has 3 atom stereocenters. The molecule has 2 aliphatic rings. The molecule has 0 spiro atoms. The molecule has 2 rings (SSSR count). The van der Waals surface area contributed by atoms with E-state index in [9.17, 15) is 0 Å². The largest absolute Gasteiger partial charge is 0.314 e. The zero-order valence-corrected chi connectivity index (χ0v) is 12.5. The molecule has 1 aliphatic heterocycles. The Morgan fingerprint density at radius 2 is 2.00 bits per heavy atom. The third-order valence-electron chi connectivity index (χ3n) is 4.86. The van der Waals surface area contributed by atoms with Crippen LogP contribution in [0.25, 0.3) is 0 Å². The van der Waals surface area contributed by atoms with E-state index in [1.165, 1.54) is 71.0 Å². The number of hydrogen-bond donors (Lipinski definition) is 1. The zero-order valence-electron chi connectivity index (χ0n) is 12.5. The lowest BCUT2D eigenvalue weighted by Crippen LogP contribution is -2.43. The quantitative estimate of drug-likeness (QED) is 0.779. The summed E-state index contributed by atoms with van der Waals surface area (Å²) >= 11 is 0. The maximum Gasteiger partial charge on any atom is 0.0110 e. The van der Waals surface area contributed by atoms with Crippen molar-refractivity contribution in [1.29, 1.82) is 0 Å². The minimum absolute atomic E-state index is 0.800. The van der Waals surface area contributed by atoms with Gasteiger partial charge < -0.3 is 10.2 Å². The van der Waals surface area contributed by atoms with Crippen molar-refractivity contribution in [3.8, 4) is 0 Å². The van der Waals surface area contributed by atoms with E-state index < -0.39 is 0 Å². The van der Waals surface area contributed by atoms with Crippen molar-refractivity contribution in [3.63, 3.8) is 0 Å². The topological polar surface area (TPSA) is 15.3 Å². The van der Waals surface area contributed by atoms with E-state index in [0.717, 1.165) is 18.0 Å². The molecule has 1 saturated carbocycles. The van der Waals surface area contributed by atoms with Gasteiger partial charge in [-0.15, -0.1) is 0 Å². The van der Waals surface area contributed by atoms with Crippen LogP contribution < -0.4 is 5.32 Å². The molecule has 106 valence electrons. The molecular weight excluding hydrogens is 220 g/mol. The van der Waals surface area contributed by atoms with Crippen LogP contribution in [0.3, 0.4) is 0 Å². The van der Waals surface area contributed by atoms with Crippen molar-refractivity contribution in [1.82, 2.24) is 10.2 Å². The fraction of sp³-hybridized carbons (Fsp3) is 1.00. The molecule has 18 heavy (non-hydrogen) atoms. The highest BCUT2D eigenvalue weighted by Gasteiger charge is 2.31. The molecule has 0 amide bonds. The van der Waals surface area contributed by atoms with Crippen LogP contribution in [-0.4, -0.2) is 36.6 Å². The summed E-state index contributed by atoms with van der Waals surface area (Å²) in [7, 11) is 0. The van der Waals surface area contributed by atoms with Gasteiger partial charge in [0.15, 0.2) is 0 Å². The zero-order chi connectivity index (χ0) is 12.8. The van der Waals surface area contributed by atoms with Gasteiger partial charge in [0.05, 0.1) is 0 Å². The minimum atomic E-state index is 0.800. The molecule has 1 N–H and O–H groups in total. The van der Waals surface area contributed by atoms with Crippen LogP contribution in [0.1, 0.15) is 65.2 Å². The van der Waals surface area contributed by atoms with E-state index in [-0.39, 0.29) is 0 Å². The Labute approximate surface area is 114 Å². The van der Waals surface area contributed by atoms with Gasteiger partial charge in [-0.25, -0.2) is 0 Å². The first-order valence-electron chi connectivity index (χ1n) is 8.30. The molecular formula is C16H32N2. The van der Waals surface area contributed by atoms with Crippen LogP contribution in [0.2, 0.25) is 0 Å². The van der Waals surface area contributed by atoms with Gasteiger partial charge in [-0.05, 0) is 57.5 Å². The molecule has 0 bridgehead atoms. The molecule has 0 aromatic heterocycles. The van der Waals surface area contributed by atoms with Crippen molar-refractivity contribution < 1.29 is 0 Å². The van der Waals surface area contributed by atoms with Crippen LogP contribution in [0, 0.1) is 5.92 Å². The van der Waals surface area contributed by atoms with Crippen molar-refractivity contribution in [2.24, 2.45) is 5.92 Å². The number of rotatable bonds is 6. The van der Waals surface area contributed by atoms with Gasteiger partial charge in [0.2, 0.25) is 0 Å². The summed E-state index contributed by atoms with van der Waals surface area (Å²) in [6.07, 6.45) is 11.2. The highest BCUT2D eigenvalue weighted by molar-refractivity contribution is 4.87. The Balaban J connectivity index is 1.75. The fourth-order valence-corrected chi connectivity index (χ4v) is 3.87. The molecule has 2 fully saturated rings. The smallest absolute Gasteiger partial charge is 0.0110 e. The predicted molar refractivity (Wildman–Crippen MR) is 78.9 cm³/mol. The van der Waals surface area contributed by atoms with Gasteiger partial charge in [0.1, 0.15) is 0 Å². The Bertz CT molecular complexity index is 229. The summed E-state index contributed by atoms with van der Waals surface area (Å²) in [5.74, 6) is 0.999. The first-order valence-corrected chi connectivity index (χ1v) is 8.30. The highest BCUT2D eigenvalue weighted by Crippen LogP contribution is 2.29. The van der Waals surface area contributed by atoms with Crippen molar-refractivity contribution in [3.05, 3.63) is 0 Å².